The highest BCUT2D eigenvalue weighted by atomic mass is 32.1. The topological polar surface area (TPSA) is 76.5 Å². The zero-order chi connectivity index (χ0) is 17.9. The number of hydrogen-bond donors (Lipinski definition) is 1. The van der Waals surface area contributed by atoms with E-state index < -0.39 is 5.54 Å². The lowest BCUT2D eigenvalue weighted by atomic mass is 9.88. The summed E-state index contributed by atoms with van der Waals surface area (Å²) in [4.78, 5) is 28.0. The maximum Gasteiger partial charge on any atom is 0.267 e. The molecule has 1 aliphatic rings. The Morgan fingerprint density at radius 3 is 3.00 bits per heavy atom. The predicted octanol–water partition coefficient (Wildman–Crippen LogP) is 1.72. The summed E-state index contributed by atoms with van der Waals surface area (Å²) >= 11 is 1.36. The Bertz CT molecular complexity index is 743. The zero-order valence-corrected chi connectivity index (χ0v) is 15.2. The molecule has 1 N–H and O–H groups in total. The molecule has 0 spiro atoms. The van der Waals surface area contributed by atoms with Crippen LogP contribution in [0.5, 0.6) is 5.75 Å². The largest absolute Gasteiger partial charge is 0.492 e. The monoisotopic (exact) mass is 362 g/mol. The van der Waals surface area contributed by atoms with Gasteiger partial charge in [0.15, 0.2) is 5.54 Å². The molecule has 0 saturated carbocycles. The van der Waals surface area contributed by atoms with E-state index >= 15 is 0 Å². The van der Waals surface area contributed by atoms with Gasteiger partial charge in [0.2, 0.25) is 5.91 Å². The van der Waals surface area contributed by atoms with Crippen molar-refractivity contribution in [1.29, 1.82) is 0 Å². The SMILES string of the molecule is CCOc1ccsc1C(=O)N1CCCC(C(=O)NC)(n2cccn2)C1. The standard InChI is InChI=1S/C17H22N4O3S/c1-3-24-13-6-11-25-14(13)15(22)20-9-4-7-17(12-20,16(23)18-2)21-10-5-8-19-21/h5-6,8,10-11H,3-4,7,9,12H2,1-2H3,(H,18,23). The average Bonchev–Trinajstić information content (AvgIpc) is 3.33. The number of carbonyl (C=O) groups is 2. The number of nitrogens with one attached hydrogen (secondary N) is 1. The first-order valence-corrected chi connectivity index (χ1v) is 9.22. The maximum atomic E-state index is 13.0. The lowest BCUT2D eigenvalue weighted by Crippen LogP contribution is -2.59. The number of piperidine rings is 1. The molecular weight excluding hydrogens is 340 g/mol. The Hall–Kier alpha value is -2.35. The van der Waals surface area contributed by atoms with Gasteiger partial charge in [0, 0.05) is 26.0 Å². The van der Waals surface area contributed by atoms with Crippen LogP contribution in [0, 0.1) is 0 Å². The molecule has 0 bridgehead atoms. The van der Waals surface area contributed by atoms with E-state index in [1.165, 1.54) is 11.3 Å². The van der Waals surface area contributed by atoms with Gasteiger partial charge in [0.1, 0.15) is 10.6 Å². The van der Waals surface area contributed by atoms with Gasteiger partial charge in [-0.15, -0.1) is 11.3 Å². The minimum atomic E-state index is -0.880. The van der Waals surface area contributed by atoms with E-state index in [1.807, 2.05) is 18.4 Å². The molecule has 3 rings (SSSR count). The van der Waals surface area contributed by atoms with Crippen LogP contribution in [-0.2, 0) is 10.3 Å². The Labute approximate surface area is 150 Å². The molecule has 25 heavy (non-hydrogen) atoms. The summed E-state index contributed by atoms with van der Waals surface area (Å²) < 4.78 is 7.22. The van der Waals surface area contributed by atoms with Crippen LogP contribution >= 0.6 is 11.3 Å². The third-order valence-corrected chi connectivity index (χ3v) is 5.36. The summed E-state index contributed by atoms with van der Waals surface area (Å²) in [6.07, 6.45) is 4.80. The summed E-state index contributed by atoms with van der Waals surface area (Å²) in [5.41, 5.74) is -0.880. The van der Waals surface area contributed by atoms with Gasteiger partial charge in [-0.1, -0.05) is 0 Å². The second-order valence-corrected chi connectivity index (χ2v) is 6.85. The molecule has 134 valence electrons. The van der Waals surface area contributed by atoms with Crippen molar-refractivity contribution in [3.8, 4) is 5.75 Å². The molecule has 2 aromatic rings. The Kier molecular flexibility index (Phi) is 5.08. The van der Waals surface area contributed by atoms with E-state index in [4.69, 9.17) is 4.74 Å². The predicted molar refractivity (Wildman–Crippen MR) is 94.9 cm³/mol. The number of ether oxygens (including phenoxy) is 1. The van der Waals surface area contributed by atoms with E-state index in [9.17, 15) is 9.59 Å². The minimum absolute atomic E-state index is 0.0985. The van der Waals surface area contributed by atoms with Gasteiger partial charge in [-0.05, 0) is 37.3 Å². The zero-order valence-electron chi connectivity index (χ0n) is 14.4. The van der Waals surface area contributed by atoms with Crippen LogP contribution in [0.2, 0.25) is 0 Å². The molecule has 1 atom stereocenters. The van der Waals surface area contributed by atoms with Crippen molar-refractivity contribution in [2.45, 2.75) is 25.3 Å². The molecule has 1 aliphatic heterocycles. The Morgan fingerprint density at radius 2 is 2.32 bits per heavy atom. The van der Waals surface area contributed by atoms with Crippen LogP contribution in [0.4, 0.5) is 0 Å². The summed E-state index contributed by atoms with van der Waals surface area (Å²) in [6, 6.07) is 3.60. The van der Waals surface area contributed by atoms with E-state index in [0.717, 1.165) is 6.42 Å². The molecule has 2 aromatic heterocycles. The maximum absolute atomic E-state index is 13.0. The number of thiophene rings is 1. The number of rotatable bonds is 5. The lowest BCUT2D eigenvalue weighted by Gasteiger charge is -2.41. The van der Waals surface area contributed by atoms with Gasteiger partial charge >= 0.3 is 0 Å². The van der Waals surface area contributed by atoms with Crippen LogP contribution in [0.25, 0.3) is 0 Å². The van der Waals surface area contributed by atoms with Crippen molar-refractivity contribution in [2.24, 2.45) is 0 Å². The van der Waals surface area contributed by atoms with E-state index in [0.29, 0.717) is 30.2 Å². The van der Waals surface area contributed by atoms with E-state index in [1.54, 1.807) is 35.1 Å². The smallest absolute Gasteiger partial charge is 0.267 e. The molecule has 0 radical (unpaired) electrons. The summed E-state index contributed by atoms with van der Waals surface area (Å²) in [6.45, 7) is 3.30. The van der Waals surface area contributed by atoms with E-state index in [-0.39, 0.29) is 18.4 Å². The second-order valence-electron chi connectivity index (χ2n) is 5.94. The molecule has 7 nitrogen and oxygen atoms in total. The molecule has 8 heteroatoms. The van der Waals surface area contributed by atoms with Gasteiger partial charge < -0.3 is 15.0 Å². The van der Waals surface area contributed by atoms with E-state index in [2.05, 4.69) is 10.4 Å². The highest BCUT2D eigenvalue weighted by Crippen LogP contribution is 2.32. The van der Waals surface area contributed by atoms with Gasteiger partial charge in [-0.2, -0.15) is 5.10 Å². The fraction of sp³-hybridized carbons (Fsp3) is 0.471. The van der Waals surface area contributed by atoms with Crippen LogP contribution in [0.15, 0.2) is 29.9 Å². The van der Waals surface area contributed by atoms with Crippen molar-refractivity contribution in [3.63, 3.8) is 0 Å². The number of aromatic nitrogens is 2. The number of carbonyl (C=O) groups excluding carboxylic acids is 2. The Balaban J connectivity index is 1.90. The minimum Gasteiger partial charge on any atom is -0.492 e. The lowest BCUT2D eigenvalue weighted by molar-refractivity contribution is -0.132. The van der Waals surface area contributed by atoms with Crippen LogP contribution in [-0.4, -0.2) is 53.2 Å². The number of amides is 2. The van der Waals surface area contributed by atoms with Crippen molar-refractivity contribution < 1.29 is 14.3 Å². The van der Waals surface area contributed by atoms with Crippen molar-refractivity contribution in [3.05, 3.63) is 34.8 Å². The second kappa shape index (κ2) is 7.26. The fourth-order valence-corrected chi connectivity index (χ4v) is 4.11. The molecule has 1 fully saturated rings. The van der Waals surface area contributed by atoms with Gasteiger partial charge in [0.25, 0.3) is 5.91 Å². The molecule has 2 amide bonds. The van der Waals surface area contributed by atoms with Crippen LogP contribution in [0.1, 0.15) is 29.4 Å². The fourth-order valence-electron chi connectivity index (χ4n) is 3.31. The molecule has 1 saturated heterocycles. The third-order valence-electron chi connectivity index (χ3n) is 4.47. The first-order valence-electron chi connectivity index (χ1n) is 8.34. The van der Waals surface area contributed by atoms with Crippen LogP contribution < -0.4 is 10.1 Å². The molecule has 3 heterocycles. The summed E-state index contributed by atoms with van der Waals surface area (Å²) in [7, 11) is 1.61. The molecular formula is C17H22N4O3S. The molecule has 1 unspecified atom stereocenters. The van der Waals surface area contributed by atoms with Crippen molar-refractivity contribution in [1.82, 2.24) is 20.0 Å². The molecule has 0 aromatic carbocycles. The number of nitrogens with zero attached hydrogens (tertiary/aromatic N) is 3. The van der Waals surface area contributed by atoms with Crippen molar-refractivity contribution in [2.75, 3.05) is 26.7 Å². The molecule has 0 aliphatic carbocycles. The van der Waals surface area contributed by atoms with Crippen LogP contribution in [0.3, 0.4) is 0 Å². The first kappa shape index (κ1) is 17.5. The summed E-state index contributed by atoms with van der Waals surface area (Å²) in [5, 5.41) is 8.86. The Morgan fingerprint density at radius 1 is 1.48 bits per heavy atom. The van der Waals surface area contributed by atoms with Gasteiger partial charge in [-0.3, -0.25) is 14.3 Å². The van der Waals surface area contributed by atoms with Gasteiger partial charge in [-0.25, -0.2) is 0 Å². The van der Waals surface area contributed by atoms with Crippen molar-refractivity contribution >= 4 is 23.2 Å². The quantitative estimate of drug-likeness (QED) is 0.879. The third kappa shape index (κ3) is 3.13. The highest BCUT2D eigenvalue weighted by Gasteiger charge is 2.45. The highest BCUT2D eigenvalue weighted by molar-refractivity contribution is 7.12. The number of likely N-dealkylation sites (N-methyl/N-ethyl adjacent to an activating group) is 1. The average molecular weight is 362 g/mol. The number of likely N-dealkylation sites (tertiary alicyclic amines) is 1. The first-order chi connectivity index (χ1) is 12.1. The normalized spacial score (nSPS) is 20.3. The summed E-state index contributed by atoms with van der Waals surface area (Å²) in [5.74, 6) is 0.371. The van der Waals surface area contributed by atoms with Gasteiger partial charge in [0.05, 0.1) is 13.2 Å². The number of hydrogen-bond acceptors (Lipinski definition) is 5.